The van der Waals surface area contributed by atoms with Crippen LogP contribution in [0.1, 0.15) is 26.2 Å². The smallest absolute Gasteiger partial charge is 0.211 e. The number of hydrogen-bond donors (Lipinski definition) is 2. The van der Waals surface area contributed by atoms with E-state index in [1.54, 1.807) is 0 Å². The minimum atomic E-state index is -3.10. The van der Waals surface area contributed by atoms with Crippen LogP contribution >= 0.6 is 0 Å². The Kier molecular flexibility index (Phi) is 4.14. The van der Waals surface area contributed by atoms with Gasteiger partial charge in [0.25, 0.3) is 0 Å². The summed E-state index contributed by atoms with van der Waals surface area (Å²) in [5.74, 6) is 0.215. The highest BCUT2D eigenvalue weighted by atomic mass is 32.2. The standard InChI is InChI=1S/C16H23N3O2S/c1-3-9-22(20,21)18-12-10-13(11-12)19(2)16-6-4-5-15-14(16)7-8-17-15/h4-8,12-13,17-18H,3,9-11H2,1-2H3. The van der Waals surface area contributed by atoms with Crippen LogP contribution in [0.5, 0.6) is 0 Å². The third-order valence-electron chi connectivity index (χ3n) is 4.43. The molecule has 0 amide bonds. The van der Waals surface area contributed by atoms with Crippen molar-refractivity contribution in [3.63, 3.8) is 0 Å². The van der Waals surface area contributed by atoms with E-state index in [0.29, 0.717) is 12.5 Å². The van der Waals surface area contributed by atoms with Crippen molar-refractivity contribution in [2.75, 3.05) is 17.7 Å². The maximum atomic E-state index is 11.8. The zero-order valence-corrected chi connectivity index (χ0v) is 13.9. The van der Waals surface area contributed by atoms with Gasteiger partial charge in [0, 0.05) is 41.9 Å². The topological polar surface area (TPSA) is 65.2 Å². The SMILES string of the molecule is CCCS(=O)(=O)NC1CC(N(C)c2cccc3[nH]ccc23)C1. The highest BCUT2D eigenvalue weighted by Gasteiger charge is 2.34. The van der Waals surface area contributed by atoms with Gasteiger partial charge in [0.2, 0.25) is 10.0 Å². The predicted octanol–water partition coefficient (Wildman–Crippen LogP) is 2.46. The molecule has 0 bridgehead atoms. The first kappa shape index (κ1) is 15.4. The summed E-state index contributed by atoms with van der Waals surface area (Å²) in [4.78, 5) is 5.49. The molecule has 22 heavy (non-hydrogen) atoms. The van der Waals surface area contributed by atoms with E-state index in [-0.39, 0.29) is 11.8 Å². The lowest BCUT2D eigenvalue weighted by molar-refractivity contribution is 0.317. The predicted molar refractivity (Wildman–Crippen MR) is 90.7 cm³/mol. The van der Waals surface area contributed by atoms with E-state index in [9.17, 15) is 8.42 Å². The fraction of sp³-hybridized carbons (Fsp3) is 0.500. The number of benzene rings is 1. The Hall–Kier alpha value is -1.53. The molecule has 6 heteroatoms. The van der Waals surface area contributed by atoms with Gasteiger partial charge < -0.3 is 9.88 Å². The Labute approximate surface area is 131 Å². The molecular formula is C16H23N3O2S. The Morgan fingerprint density at radius 1 is 1.32 bits per heavy atom. The van der Waals surface area contributed by atoms with Gasteiger partial charge in [0.05, 0.1) is 5.75 Å². The lowest BCUT2D eigenvalue weighted by Crippen LogP contribution is -2.53. The third-order valence-corrected chi connectivity index (χ3v) is 6.07. The zero-order chi connectivity index (χ0) is 15.7. The summed E-state index contributed by atoms with van der Waals surface area (Å²) in [6.07, 6.45) is 4.33. The molecule has 120 valence electrons. The van der Waals surface area contributed by atoms with E-state index in [1.807, 2.05) is 19.2 Å². The van der Waals surface area contributed by atoms with Gasteiger partial charge in [-0.2, -0.15) is 0 Å². The van der Waals surface area contributed by atoms with Crippen molar-refractivity contribution in [1.82, 2.24) is 9.71 Å². The minimum Gasteiger partial charge on any atom is -0.371 e. The third kappa shape index (κ3) is 2.98. The minimum absolute atomic E-state index is 0.0782. The van der Waals surface area contributed by atoms with Crippen molar-refractivity contribution in [1.29, 1.82) is 0 Å². The van der Waals surface area contributed by atoms with Gasteiger partial charge in [-0.1, -0.05) is 13.0 Å². The van der Waals surface area contributed by atoms with Crippen LogP contribution in [0.15, 0.2) is 30.5 Å². The molecule has 1 aliphatic carbocycles. The molecule has 1 aliphatic rings. The van der Waals surface area contributed by atoms with Crippen LogP contribution in [0.4, 0.5) is 5.69 Å². The van der Waals surface area contributed by atoms with Crippen LogP contribution in [-0.2, 0) is 10.0 Å². The lowest BCUT2D eigenvalue weighted by Gasteiger charge is -2.42. The summed E-state index contributed by atoms with van der Waals surface area (Å²) in [5, 5.41) is 1.21. The van der Waals surface area contributed by atoms with Gasteiger partial charge in [-0.05, 0) is 37.5 Å². The normalized spacial score (nSPS) is 21.7. The van der Waals surface area contributed by atoms with E-state index in [1.165, 1.54) is 11.1 Å². The molecular weight excluding hydrogens is 298 g/mol. The summed E-state index contributed by atoms with van der Waals surface area (Å²) in [5.41, 5.74) is 2.32. The second-order valence-corrected chi connectivity index (χ2v) is 7.96. The van der Waals surface area contributed by atoms with Crippen LogP contribution in [-0.4, -0.2) is 38.3 Å². The fourth-order valence-electron chi connectivity index (χ4n) is 3.15. The van der Waals surface area contributed by atoms with E-state index in [2.05, 4.69) is 39.9 Å². The van der Waals surface area contributed by atoms with E-state index in [4.69, 9.17) is 0 Å². The molecule has 0 atom stereocenters. The molecule has 0 unspecified atom stereocenters. The van der Waals surface area contributed by atoms with Crippen LogP contribution < -0.4 is 9.62 Å². The molecule has 1 aromatic carbocycles. The fourth-order valence-corrected chi connectivity index (χ4v) is 4.51. The molecule has 1 saturated carbocycles. The molecule has 2 N–H and O–H groups in total. The number of aromatic amines is 1. The quantitative estimate of drug-likeness (QED) is 0.859. The van der Waals surface area contributed by atoms with Crippen molar-refractivity contribution in [3.05, 3.63) is 30.5 Å². The average Bonchev–Trinajstić information content (AvgIpc) is 2.89. The van der Waals surface area contributed by atoms with Gasteiger partial charge in [0.15, 0.2) is 0 Å². The largest absolute Gasteiger partial charge is 0.371 e. The number of anilines is 1. The number of H-pyrrole nitrogens is 1. The molecule has 1 fully saturated rings. The highest BCUT2D eigenvalue weighted by molar-refractivity contribution is 7.89. The first-order chi connectivity index (χ1) is 10.5. The Balaban J connectivity index is 1.64. The van der Waals surface area contributed by atoms with Gasteiger partial charge in [-0.3, -0.25) is 0 Å². The number of nitrogens with zero attached hydrogens (tertiary/aromatic N) is 1. The zero-order valence-electron chi connectivity index (χ0n) is 13.0. The first-order valence-corrected chi connectivity index (χ1v) is 9.44. The number of fused-ring (bicyclic) bond motifs is 1. The van der Waals surface area contributed by atoms with Gasteiger partial charge >= 0.3 is 0 Å². The summed E-state index contributed by atoms with van der Waals surface area (Å²) < 4.78 is 26.4. The summed E-state index contributed by atoms with van der Waals surface area (Å²) in [7, 11) is -1.02. The van der Waals surface area contributed by atoms with Crippen molar-refractivity contribution in [2.45, 2.75) is 38.3 Å². The van der Waals surface area contributed by atoms with Gasteiger partial charge in [-0.25, -0.2) is 13.1 Å². The summed E-state index contributed by atoms with van der Waals surface area (Å²) in [6, 6.07) is 8.77. The number of rotatable bonds is 6. The monoisotopic (exact) mass is 321 g/mol. The average molecular weight is 321 g/mol. The molecule has 1 heterocycles. The molecule has 1 aromatic heterocycles. The molecule has 2 aromatic rings. The van der Waals surface area contributed by atoms with Crippen molar-refractivity contribution >= 4 is 26.6 Å². The van der Waals surface area contributed by atoms with Gasteiger partial charge in [-0.15, -0.1) is 0 Å². The van der Waals surface area contributed by atoms with Gasteiger partial charge in [0.1, 0.15) is 0 Å². The van der Waals surface area contributed by atoms with Crippen LogP contribution in [0.2, 0.25) is 0 Å². The molecule has 3 rings (SSSR count). The second-order valence-electron chi connectivity index (χ2n) is 6.09. The molecule has 0 radical (unpaired) electrons. The number of nitrogens with one attached hydrogen (secondary N) is 2. The van der Waals surface area contributed by atoms with E-state index >= 15 is 0 Å². The van der Waals surface area contributed by atoms with Crippen LogP contribution in [0.3, 0.4) is 0 Å². The molecule has 5 nitrogen and oxygen atoms in total. The lowest BCUT2D eigenvalue weighted by atomic mass is 9.86. The van der Waals surface area contributed by atoms with Crippen LogP contribution in [0.25, 0.3) is 10.9 Å². The maximum Gasteiger partial charge on any atom is 0.211 e. The van der Waals surface area contributed by atoms with Crippen molar-refractivity contribution in [3.8, 4) is 0 Å². The molecule has 0 aliphatic heterocycles. The van der Waals surface area contributed by atoms with Crippen molar-refractivity contribution in [2.24, 2.45) is 0 Å². The second kappa shape index (κ2) is 5.93. The number of aromatic nitrogens is 1. The molecule has 0 saturated heterocycles. The summed E-state index contributed by atoms with van der Waals surface area (Å²) in [6.45, 7) is 1.88. The molecule has 0 spiro atoms. The first-order valence-electron chi connectivity index (χ1n) is 7.79. The summed E-state index contributed by atoms with van der Waals surface area (Å²) >= 11 is 0. The number of hydrogen-bond acceptors (Lipinski definition) is 3. The van der Waals surface area contributed by atoms with Crippen LogP contribution in [0, 0.1) is 0 Å². The highest BCUT2D eigenvalue weighted by Crippen LogP contribution is 2.33. The Morgan fingerprint density at radius 3 is 2.82 bits per heavy atom. The number of sulfonamides is 1. The Bertz CT molecular complexity index is 748. The van der Waals surface area contributed by atoms with E-state index in [0.717, 1.165) is 18.4 Å². The van der Waals surface area contributed by atoms with Crippen molar-refractivity contribution < 1.29 is 8.42 Å². The van der Waals surface area contributed by atoms with E-state index < -0.39 is 10.0 Å². The Morgan fingerprint density at radius 2 is 2.09 bits per heavy atom. The maximum absolute atomic E-state index is 11.8.